The molecular weight excluding hydrogens is 162 g/mol. The third kappa shape index (κ3) is 1.32. The molecule has 1 atom stereocenters. The lowest BCUT2D eigenvalue weighted by atomic mass is 9.96. The van der Waals surface area contributed by atoms with Crippen molar-refractivity contribution in [2.45, 2.75) is 26.2 Å². The van der Waals surface area contributed by atoms with Crippen LogP contribution in [-0.2, 0) is 11.2 Å². The zero-order valence-electron chi connectivity index (χ0n) is 8.79. The number of nitrogens with one attached hydrogen (secondary N) is 1. The highest BCUT2D eigenvalue weighted by Gasteiger charge is 2.20. The van der Waals surface area contributed by atoms with Crippen LogP contribution in [0.1, 0.15) is 32.3 Å². The molecule has 1 heterocycles. The highest BCUT2D eigenvalue weighted by molar-refractivity contribution is 5.99. The van der Waals surface area contributed by atoms with Crippen molar-refractivity contribution in [2.75, 3.05) is 5.32 Å². The second-order valence-electron chi connectivity index (χ2n) is 3.60. The third-order valence-electron chi connectivity index (χ3n) is 2.30. The van der Waals surface area contributed by atoms with Gasteiger partial charge in [0.25, 0.3) is 0 Å². The van der Waals surface area contributed by atoms with E-state index in [2.05, 4.69) is 19.2 Å². The number of rotatable bonds is 1. The Hall–Kier alpha value is -1.31. The van der Waals surface area contributed by atoms with E-state index in [9.17, 15) is 4.79 Å². The van der Waals surface area contributed by atoms with Crippen molar-refractivity contribution < 1.29 is 6.17 Å². The Labute approximate surface area is 79.4 Å². The van der Waals surface area contributed by atoms with Crippen molar-refractivity contribution >= 4 is 11.6 Å². The van der Waals surface area contributed by atoms with Crippen LogP contribution in [0, 0.1) is 0 Å². The summed E-state index contributed by atoms with van der Waals surface area (Å²) in [5, 5.41) is 2.72. The minimum atomic E-state index is -0.747. The molecule has 2 nitrogen and oxygen atoms in total. The number of hydrogen-bond acceptors (Lipinski definition) is 1. The topological polar surface area (TPSA) is 29.1 Å². The summed E-state index contributed by atoms with van der Waals surface area (Å²) >= 11 is 0. The summed E-state index contributed by atoms with van der Waals surface area (Å²) in [7, 11) is 0. The Kier molecular flexibility index (Phi) is 1.58. The maximum absolute atomic E-state index is 11.3. The van der Waals surface area contributed by atoms with E-state index in [0.29, 0.717) is 5.92 Å². The molecule has 0 spiro atoms. The fraction of sp³-hybridized carbons (Fsp3) is 0.364. The lowest BCUT2D eigenvalue weighted by Crippen LogP contribution is -2.03. The minimum Gasteiger partial charge on any atom is -0.326 e. The number of carbonyl (C=O) groups excluding carboxylic acids is 1. The van der Waals surface area contributed by atoms with E-state index in [4.69, 9.17) is 1.37 Å². The molecule has 1 aliphatic heterocycles. The van der Waals surface area contributed by atoms with E-state index in [1.807, 2.05) is 18.2 Å². The van der Waals surface area contributed by atoms with Crippen molar-refractivity contribution in [1.29, 1.82) is 0 Å². The first-order valence-electron chi connectivity index (χ1n) is 5.05. The summed E-state index contributed by atoms with van der Waals surface area (Å²) < 4.78 is 7.74. The van der Waals surface area contributed by atoms with Crippen molar-refractivity contribution in [1.82, 2.24) is 0 Å². The molecule has 1 unspecified atom stereocenters. The number of carbonyl (C=O) groups is 1. The molecule has 0 bridgehead atoms. The fourth-order valence-electron chi connectivity index (χ4n) is 1.66. The molecule has 13 heavy (non-hydrogen) atoms. The summed E-state index contributed by atoms with van der Waals surface area (Å²) in [6.45, 7) is 4.15. The van der Waals surface area contributed by atoms with Crippen LogP contribution in [0.15, 0.2) is 18.2 Å². The monoisotopic (exact) mass is 177 g/mol. The van der Waals surface area contributed by atoms with Crippen LogP contribution in [-0.4, -0.2) is 5.91 Å². The first-order valence-corrected chi connectivity index (χ1v) is 4.47. The molecular formula is C11H13NO. The molecule has 1 amide bonds. The molecule has 1 aromatic carbocycles. The zero-order valence-corrected chi connectivity index (χ0v) is 7.79. The minimum absolute atomic E-state index is 0.215. The van der Waals surface area contributed by atoms with Gasteiger partial charge < -0.3 is 5.32 Å². The van der Waals surface area contributed by atoms with Gasteiger partial charge in [-0.05, 0) is 23.1 Å². The van der Waals surface area contributed by atoms with Gasteiger partial charge in [0.05, 0.1) is 6.40 Å². The van der Waals surface area contributed by atoms with Crippen molar-refractivity contribution in [3.63, 3.8) is 0 Å². The number of anilines is 1. The highest BCUT2D eigenvalue weighted by Crippen LogP contribution is 2.30. The molecule has 0 aromatic heterocycles. The molecule has 0 radical (unpaired) electrons. The molecule has 2 rings (SSSR count). The molecule has 1 N–H and O–H groups in total. The van der Waals surface area contributed by atoms with Gasteiger partial charge in [-0.1, -0.05) is 26.0 Å². The molecule has 1 aliphatic rings. The van der Waals surface area contributed by atoms with Crippen LogP contribution in [0.25, 0.3) is 0 Å². The predicted octanol–water partition coefficient (Wildman–Crippen LogP) is 2.30. The van der Waals surface area contributed by atoms with Gasteiger partial charge in [-0.15, -0.1) is 0 Å². The lowest BCUT2D eigenvalue weighted by Gasteiger charge is -2.09. The number of amides is 1. The Balaban J connectivity index is 2.58. The Bertz CT molecular complexity index is 387. The van der Waals surface area contributed by atoms with Crippen LogP contribution in [0.3, 0.4) is 0 Å². The van der Waals surface area contributed by atoms with Crippen LogP contribution >= 0.6 is 0 Å². The van der Waals surface area contributed by atoms with E-state index in [1.54, 1.807) is 0 Å². The van der Waals surface area contributed by atoms with Crippen LogP contribution < -0.4 is 5.32 Å². The summed E-state index contributed by atoms with van der Waals surface area (Å²) in [5.41, 5.74) is 2.76. The van der Waals surface area contributed by atoms with E-state index < -0.39 is 6.40 Å². The van der Waals surface area contributed by atoms with E-state index >= 15 is 0 Å². The van der Waals surface area contributed by atoms with Crippen molar-refractivity contribution in [3.05, 3.63) is 29.3 Å². The molecule has 0 fully saturated rings. The normalized spacial score (nSPS) is 21.3. The zero-order chi connectivity index (χ0) is 10.3. The van der Waals surface area contributed by atoms with Gasteiger partial charge in [0, 0.05) is 7.06 Å². The third-order valence-corrected chi connectivity index (χ3v) is 2.30. The largest absolute Gasteiger partial charge is 0.326 e. The predicted molar refractivity (Wildman–Crippen MR) is 52.9 cm³/mol. The maximum atomic E-state index is 11.3. The Morgan fingerprint density at radius 2 is 2.31 bits per heavy atom. The average Bonchev–Trinajstić information content (AvgIpc) is 2.43. The van der Waals surface area contributed by atoms with Crippen LogP contribution in [0.4, 0.5) is 5.69 Å². The van der Waals surface area contributed by atoms with Gasteiger partial charge in [-0.25, -0.2) is 0 Å². The van der Waals surface area contributed by atoms with Gasteiger partial charge in [-0.3, -0.25) is 4.79 Å². The standard InChI is InChI=1S/C11H13NO/c1-7(2)8-4-3-5-10-9(8)6-11(13)12-10/h3-5,7H,6H2,1-2H3,(H,12,13)/i6T. The van der Waals surface area contributed by atoms with Gasteiger partial charge in [0.1, 0.15) is 0 Å². The summed E-state index contributed by atoms with van der Waals surface area (Å²) in [6.07, 6.45) is -0.747. The summed E-state index contributed by atoms with van der Waals surface area (Å²) in [5.74, 6) is 0.138. The Morgan fingerprint density at radius 3 is 3.00 bits per heavy atom. The van der Waals surface area contributed by atoms with Gasteiger partial charge in [-0.2, -0.15) is 0 Å². The first-order chi connectivity index (χ1) is 6.61. The van der Waals surface area contributed by atoms with E-state index in [0.717, 1.165) is 16.8 Å². The van der Waals surface area contributed by atoms with E-state index in [-0.39, 0.29) is 5.91 Å². The smallest absolute Gasteiger partial charge is 0.228 e. The molecule has 2 heteroatoms. The van der Waals surface area contributed by atoms with Gasteiger partial charge in [0.2, 0.25) is 5.91 Å². The summed E-state index contributed by atoms with van der Waals surface area (Å²) in [4.78, 5) is 11.3. The quantitative estimate of drug-likeness (QED) is 0.700. The molecule has 0 aliphatic carbocycles. The van der Waals surface area contributed by atoms with Crippen LogP contribution in [0.2, 0.25) is 0 Å². The second kappa shape index (κ2) is 2.87. The van der Waals surface area contributed by atoms with E-state index in [1.165, 1.54) is 0 Å². The molecule has 0 saturated heterocycles. The highest BCUT2D eigenvalue weighted by atomic mass is 16.1. The SMILES string of the molecule is [3H]C1C(=O)Nc2cccc(C(C)C)c21. The fourth-order valence-corrected chi connectivity index (χ4v) is 1.66. The van der Waals surface area contributed by atoms with Crippen molar-refractivity contribution in [3.8, 4) is 0 Å². The maximum Gasteiger partial charge on any atom is 0.228 e. The number of fused-ring (bicyclic) bond motifs is 1. The molecule has 0 saturated carbocycles. The summed E-state index contributed by atoms with van der Waals surface area (Å²) in [6, 6.07) is 5.77. The second-order valence-corrected chi connectivity index (χ2v) is 3.60. The number of hydrogen-bond donors (Lipinski definition) is 1. The van der Waals surface area contributed by atoms with Crippen molar-refractivity contribution in [2.24, 2.45) is 0 Å². The number of benzene rings is 1. The van der Waals surface area contributed by atoms with Gasteiger partial charge in [0.15, 0.2) is 0 Å². The van der Waals surface area contributed by atoms with Gasteiger partial charge >= 0.3 is 0 Å². The molecule has 1 aromatic rings. The van der Waals surface area contributed by atoms with Crippen LogP contribution in [0.5, 0.6) is 0 Å². The molecule has 68 valence electrons. The lowest BCUT2D eigenvalue weighted by molar-refractivity contribution is -0.115. The Morgan fingerprint density at radius 1 is 1.54 bits per heavy atom. The first kappa shape index (κ1) is 7.13. The average molecular weight is 177 g/mol.